The second kappa shape index (κ2) is 6.17. The number of nitrogens with one attached hydrogen (secondary N) is 1. The zero-order chi connectivity index (χ0) is 13.8. The molecule has 0 aliphatic carbocycles. The highest BCUT2D eigenvalue weighted by Crippen LogP contribution is 2.22. The van der Waals surface area contributed by atoms with Crippen LogP contribution in [0.5, 0.6) is 0 Å². The minimum absolute atomic E-state index is 0.0134. The Kier molecular flexibility index (Phi) is 4.56. The highest BCUT2D eigenvalue weighted by atomic mass is 35.5. The van der Waals surface area contributed by atoms with Gasteiger partial charge < -0.3 is 9.88 Å². The first-order valence-electron chi connectivity index (χ1n) is 6.28. The molecule has 0 aliphatic heterocycles. The first-order chi connectivity index (χ1) is 9.15. The minimum Gasteiger partial charge on any atom is -0.335 e. The van der Waals surface area contributed by atoms with Crippen molar-refractivity contribution in [1.82, 2.24) is 14.9 Å². The summed E-state index contributed by atoms with van der Waals surface area (Å²) in [6, 6.07) is 4.91. The maximum absolute atomic E-state index is 13.5. The Bertz CT molecular complexity index is 553. The third kappa shape index (κ3) is 3.14. The van der Waals surface area contributed by atoms with Crippen molar-refractivity contribution in [3.8, 4) is 0 Å². The molecule has 2 aromatic rings. The van der Waals surface area contributed by atoms with Crippen LogP contribution >= 0.6 is 11.6 Å². The summed E-state index contributed by atoms with van der Waals surface area (Å²) in [5, 5.41) is 3.34. The average Bonchev–Trinajstić information content (AvgIpc) is 2.86. The van der Waals surface area contributed by atoms with Gasteiger partial charge in [0, 0.05) is 31.4 Å². The fourth-order valence-corrected chi connectivity index (χ4v) is 2.23. The number of hydrogen-bond acceptors (Lipinski definition) is 2. The summed E-state index contributed by atoms with van der Waals surface area (Å²) < 4.78 is 15.6. The molecule has 3 nitrogen and oxygen atoms in total. The Labute approximate surface area is 117 Å². The van der Waals surface area contributed by atoms with Crippen LogP contribution < -0.4 is 5.32 Å². The first-order valence-corrected chi connectivity index (χ1v) is 6.65. The van der Waals surface area contributed by atoms with Crippen molar-refractivity contribution in [3.63, 3.8) is 0 Å². The molecule has 1 aromatic heterocycles. The molecule has 1 atom stereocenters. The quantitative estimate of drug-likeness (QED) is 0.912. The van der Waals surface area contributed by atoms with Crippen LogP contribution in [0.3, 0.4) is 0 Å². The van der Waals surface area contributed by atoms with E-state index in [0.717, 1.165) is 17.9 Å². The van der Waals surface area contributed by atoms with E-state index in [9.17, 15) is 4.39 Å². The number of benzene rings is 1. The number of aryl methyl sites for hydroxylation is 1. The summed E-state index contributed by atoms with van der Waals surface area (Å²) in [5.74, 6) is 0.593. The molecule has 0 fully saturated rings. The predicted molar refractivity (Wildman–Crippen MR) is 74.8 cm³/mol. The summed E-state index contributed by atoms with van der Waals surface area (Å²) in [6.07, 6.45) is 4.44. The van der Waals surface area contributed by atoms with Gasteiger partial charge in [0.05, 0.1) is 5.02 Å². The van der Waals surface area contributed by atoms with Crippen molar-refractivity contribution in [3.05, 3.63) is 52.8 Å². The normalized spacial score (nSPS) is 12.6. The standard InChI is InChI=1S/C14H17ClFN3/c1-3-19-7-6-18-14(19)9-13(17-2)10-4-5-11(15)12(16)8-10/h4-8,13,17H,3,9H2,1-2H3. The molecule has 0 amide bonds. The molecule has 1 heterocycles. The number of imidazole rings is 1. The summed E-state index contributed by atoms with van der Waals surface area (Å²) in [5.41, 5.74) is 0.870. The largest absolute Gasteiger partial charge is 0.335 e. The fraction of sp³-hybridized carbons (Fsp3) is 0.357. The van der Waals surface area contributed by atoms with E-state index in [-0.39, 0.29) is 11.1 Å². The molecular weight excluding hydrogens is 265 g/mol. The van der Waals surface area contributed by atoms with Gasteiger partial charge in [-0.25, -0.2) is 9.37 Å². The first kappa shape index (κ1) is 14.0. The van der Waals surface area contributed by atoms with Crippen molar-refractivity contribution in [2.75, 3.05) is 7.05 Å². The Morgan fingerprint density at radius 2 is 2.26 bits per heavy atom. The lowest BCUT2D eigenvalue weighted by Crippen LogP contribution is -2.21. The van der Waals surface area contributed by atoms with Gasteiger partial charge in [-0.1, -0.05) is 17.7 Å². The average molecular weight is 282 g/mol. The lowest BCUT2D eigenvalue weighted by atomic mass is 10.0. The van der Waals surface area contributed by atoms with E-state index in [2.05, 4.69) is 21.8 Å². The molecule has 0 radical (unpaired) electrons. The molecule has 1 N–H and O–H groups in total. The maximum atomic E-state index is 13.5. The van der Waals surface area contributed by atoms with Gasteiger partial charge in [0.15, 0.2) is 0 Å². The summed E-state index contributed by atoms with van der Waals surface area (Å²) >= 11 is 5.71. The van der Waals surface area contributed by atoms with Gasteiger partial charge in [-0.15, -0.1) is 0 Å². The number of rotatable bonds is 5. The fourth-order valence-electron chi connectivity index (χ4n) is 2.12. The van der Waals surface area contributed by atoms with Crippen LogP contribution in [0.1, 0.15) is 24.4 Å². The van der Waals surface area contributed by atoms with Crippen LogP contribution in [0.25, 0.3) is 0 Å². The minimum atomic E-state index is -0.391. The Balaban J connectivity index is 2.22. The van der Waals surface area contributed by atoms with E-state index in [4.69, 9.17) is 11.6 Å². The third-order valence-corrected chi connectivity index (χ3v) is 3.53. The molecular formula is C14H17ClFN3. The number of likely N-dealkylation sites (N-methyl/N-ethyl adjacent to an activating group) is 1. The molecule has 19 heavy (non-hydrogen) atoms. The van der Waals surface area contributed by atoms with E-state index in [1.807, 2.05) is 19.3 Å². The van der Waals surface area contributed by atoms with Crippen LogP contribution in [0.15, 0.2) is 30.6 Å². The van der Waals surface area contributed by atoms with Gasteiger partial charge in [0.25, 0.3) is 0 Å². The highest BCUT2D eigenvalue weighted by Gasteiger charge is 2.14. The van der Waals surface area contributed by atoms with E-state index < -0.39 is 5.82 Å². The van der Waals surface area contributed by atoms with Crippen molar-refractivity contribution < 1.29 is 4.39 Å². The molecule has 0 bridgehead atoms. The van der Waals surface area contributed by atoms with Gasteiger partial charge in [-0.3, -0.25) is 0 Å². The SMILES string of the molecule is CCn1ccnc1CC(NC)c1ccc(Cl)c(F)c1. The van der Waals surface area contributed by atoms with E-state index in [0.29, 0.717) is 6.42 Å². The molecule has 1 unspecified atom stereocenters. The zero-order valence-corrected chi connectivity index (χ0v) is 11.8. The molecule has 5 heteroatoms. The molecule has 102 valence electrons. The van der Waals surface area contributed by atoms with Gasteiger partial charge >= 0.3 is 0 Å². The lowest BCUT2D eigenvalue weighted by Gasteiger charge is -2.17. The summed E-state index contributed by atoms with van der Waals surface area (Å²) in [4.78, 5) is 4.34. The van der Waals surface area contributed by atoms with Gasteiger partial charge in [-0.2, -0.15) is 0 Å². The van der Waals surface area contributed by atoms with Crippen molar-refractivity contribution in [2.24, 2.45) is 0 Å². The van der Waals surface area contributed by atoms with Gasteiger partial charge in [0.1, 0.15) is 11.6 Å². The number of aromatic nitrogens is 2. The second-order valence-corrected chi connectivity index (χ2v) is 4.76. The van der Waals surface area contributed by atoms with Crippen LogP contribution in [-0.4, -0.2) is 16.6 Å². The molecule has 0 aliphatic rings. The number of nitrogens with zero attached hydrogens (tertiary/aromatic N) is 2. The molecule has 1 aromatic carbocycles. The van der Waals surface area contributed by atoms with Gasteiger partial charge in [0.2, 0.25) is 0 Å². The van der Waals surface area contributed by atoms with Crippen LogP contribution in [0.4, 0.5) is 4.39 Å². The Morgan fingerprint density at radius 3 is 2.89 bits per heavy atom. The predicted octanol–water partition coefficient (Wildman–Crippen LogP) is 3.20. The monoisotopic (exact) mass is 281 g/mol. The molecule has 0 saturated heterocycles. The van der Waals surface area contributed by atoms with E-state index in [1.54, 1.807) is 12.3 Å². The third-order valence-electron chi connectivity index (χ3n) is 3.22. The molecule has 0 saturated carbocycles. The number of halogens is 2. The van der Waals surface area contributed by atoms with Crippen molar-refractivity contribution in [1.29, 1.82) is 0 Å². The van der Waals surface area contributed by atoms with Crippen molar-refractivity contribution >= 4 is 11.6 Å². The summed E-state index contributed by atoms with van der Waals surface area (Å²) in [6.45, 7) is 2.95. The lowest BCUT2D eigenvalue weighted by molar-refractivity contribution is 0.546. The second-order valence-electron chi connectivity index (χ2n) is 4.35. The smallest absolute Gasteiger partial charge is 0.142 e. The van der Waals surface area contributed by atoms with Crippen LogP contribution in [0.2, 0.25) is 5.02 Å². The highest BCUT2D eigenvalue weighted by molar-refractivity contribution is 6.30. The van der Waals surface area contributed by atoms with E-state index >= 15 is 0 Å². The maximum Gasteiger partial charge on any atom is 0.142 e. The number of hydrogen-bond donors (Lipinski definition) is 1. The van der Waals surface area contributed by atoms with Crippen LogP contribution in [-0.2, 0) is 13.0 Å². The molecule has 0 spiro atoms. The van der Waals surface area contributed by atoms with Crippen LogP contribution in [0, 0.1) is 5.82 Å². The zero-order valence-electron chi connectivity index (χ0n) is 11.0. The Hall–Kier alpha value is -1.39. The van der Waals surface area contributed by atoms with Crippen molar-refractivity contribution in [2.45, 2.75) is 25.9 Å². The van der Waals surface area contributed by atoms with Gasteiger partial charge in [-0.05, 0) is 31.7 Å². The van der Waals surface area contributed by atoms with E-state index in [1.165, 1.54) is 6.07 Å². The molecule has 2 rings (SSSR count). The summed E-state index contributed by atoms with van der Waals surface area (Å²) in [7, 11) is 1.86. The topological polar surface area (TPSA) is 29.9 Å². The Morgan fingerprint density at radius 1 is 1.47 bits per heavy atom.